The second kappa shape index (κ2) is 6.79. The molecule has 0 saturated carbocycles. The van der Waals surface area contributed by atoms with Crippen LogP contribution in [0.4, 0.5) is 0 Å². The summed E-state index contributed by atoms with van der Waals surface area (Å²) >= 11 is 0. The van der Waals surface area contributed by atoms with Crippen molar-refractivity contribution in [3.05, 3.63) is 29.8 Å². The third-order valence-corrected chi connectivity index (χ3v) is 6.23. The van der Waals surface area contributed by atoms with E-state index in [2.05, 4.69) is 0 Å². The molecule has 0 N–H and O–H groups in total. The van der Waals surface area contributed by atoms with Crippen molar-refractivity contribution in [1.29, 1.82) is 0 Å². The van der Waals surface area contributed by atoms with Crippen LogP contribution in [0.1, 0.15) is 25.3 Å². The van der Waals surface area contributed by atoms with Crippen molar-refractivity contribution in [2.45, 2.75) is 31.6 Å². The first-order valence-electron chi connectivity index (χ1n) is 7.68. The number of rotatable bonds is 4. The molecule has 1 heterocycles. The highest BCUT2D eigenvalue weighted by molar-refractivity contribution is 7.89. The molecule has 0 unspecified atom stereocenters. The van der Waals surface area contributed by atoms with Crippen LogP contribution in [0.15, 0.2) is 29.2 Å². The molecule has 0 atom stereocenters. The SMILES string of the molecule is CCN(C)C(=O)C1CCN(S(=O)(=O)c2ccc(C)cc2)CC1. The third kappa shape index (κ3) is 3.50. The molecule has 22 heavy (non-hydrogen) atoms. The van der Waals surface area contributed by atoms with Crippen LogP contribution in [0, 0.1) is 12.8 Å². The molecule has 1 aliphatic heterocycles. The van der Waals surface area contributed by atoms with Crippen LogP contribution >= 0.6 is 0 Å². The minimum atomic E-state index is -3.45. The lowest BCUT2D eigenvalue weighted by Gasteiger charge is -2.32. The lowest BCUT2D eigenvalue weighted by molar-refractivity contribution is -0.135. The van der Waals surface area contributed by atoms with Crippen LogP contribution in [0.25, 0.3) is 0 Å². The third-order valence-electron chi connectivity index (χ3n) is 4.31. The van der Waals surface area contributed by atoms with Gasteiger partial charge in [-0.25, -0.2) is 8.42 Å². The molecular weight excluding hydrogens is 300 g/mol. The van der Waals surface area contributed by atoms with Gasteiger partial charge in [0, 0.05) is 32.6 Å². The summed E-state index contributed by atoms with van der Waals surface area (Å²) in [6.07, 6.45) is 1.18. The minimum Gasteiger partial charge on any atom is -0.346 e. The largest absolute Gasteiger partial charge is 0.346 e. The Balaban J connectivity index is 2.05. The van der Waals surface area contributed by atoms with E-state index >= 15 is 0 Å². The first-order chi connectivity index (χ1) is 10.4. The first kappa shape index (κ1) is 17.0. The highest BCUT2D eigenvalue weighted by Crippen LogP contribution is 2.25. The van der Waals surface area contributed by atoms with E-state index in [1.54, 1.807) is 36.2 Å². The average Bonchev–Trinajstić information content (AvgIpc) is 2.54. The van der Waals surface area contributed by atoms with Crippen molar-refractivity contribution in [2.75, 3.05) is 26.7 Å². The minimum absolute atomic E-state index is 0.0607. The topological polar surface area (TPSA) is 57.7 Å². The maximum absolute atomic E-state index is 12.6. The monoisotopic (exact) mass is 324 g/mol. The lowest BCUT2D eigenvalue weighted by atomic mass is 9.97. The van der Waals surface area contributed by atoms with Crippen molar-refractivity contribution in [3.63, 3.8) is 0 Å². The van der Waals surface area contributed by atoms with Crippen LogP contribution in [0.5, 0.6) is 0 Å². The number of nitrogens with zero attached hydrogens (tertiary/aromatic N) is 2. The van der Waals surface area contributed by atoms with Gasteiger partial charge in [0.2, 0.25) is 15.9 Å². The molecular formula is C16H24N2O3S. The standard InChI is InChI=1S/C16H24N2O3S/c1-4-17(3)16(19)14-9-11-18(12-10-14)22(20,21)15-7-5-13(2)6-8-15/h5-8,14H,4,9-12H2,1-3H3. The lowest BCUT2D eigenvalue weighted by Crippen LogP contribution is -2.43. The predicted octanol–water partition coefficient (Wildman–Crippen LogP) is 1.87. The van der Waals surface area contributed by atoms with Crippen molar-refractivity contribution in [2.24, 2.45) is 5.92 Å². The number of piperidine rings is 1. The Morgan fingerprint density at radius 1 is 1.23 bits per heavy atom. The zero-order valence-corrected chi connectivity index (χ0v) is 14.3. The molecule has 5 nitrogen and oxygen atoms in total. The van der Waals surface area contributed by atoms with E-state index in [-0.39, 0.29) is 11.8 Å². The Morgan fingerprint density at radius 3 is 2.27 bits per heavy atom. The van der Waals surface area contributed by atoms with Gasteiger partial charge in [0.15, 0.2) is 0 Å². The Kier molecular flexibility index (Phi) is 5.24. The summed E-state index contributed by atoms with van der Waals surface area (Å²) in [5.74, 6) is 0.0595. The van der Waals surface area contributed by atoms with Crippen LogP contribution in [-0.2, 0) is 14.8 Å². The van der Waals surface area contributed by atoms with Gasteiger partial charge in [-0.3, -0.25) is 4.79 Å². The summed E-state index contributed by atoms with van der Waals surface area (Å²) in [6, 6.07) is 6.90. The zero-order chi connectivity index (χ0) is 16.3. The smallest absolute Gasteiger partial charge is 0.243 e. The molecule has 1 saturated heterocycles. The van der Waals surface area contributed by atoms with Crippen LogP contribution < -0.4 is 0 Å². The van der Waals surface area contributed by atoms with E-state index in [0.717, 1.165) is 5.56 Å². The molecule has 6 heteroatoms. The fourth-order valence-corrected chi connectivity index (χ4v) is 4.14. The number of hydrogen-bond donors (Lipinski definition) is 0. The van der Waals surface area contributed by atoms with Crippen molar-refractivity contribution in [3.8, 4) is 0 Å². The molecule has 1 aromatic rings. The maximum Gasteiger partial charge on any atom is 0.243 e. The van der Waals surface area contributed by atoms with Crippen LogP contribution in [0.3, 0.4) is 0 Å². The van der Waals surface area contributed by atoms with Gasteiger partial charge in [0.05, 0.1) is 4.90 Å². The molecule has 1 aliphatic rings. The van der Waals surface area contributed by atoms with E-state index in [9.17, 15) is 13.2 Å². The van der Waals surface area contributed by atoms with Gasteiger partial charge in [0.25, 0.3) is 0 Å². The molecule has 122 valence electrons. The van der Waals surface area contributed by atoms with Gasteiger partial charge in [0.1, 0.15) is 0 Å². The fourth-order valence-electron chi connectivity index (χ4n) is 2.67. The maximum atomic E-state index is 12.6. The number of hydrogen-bond acceptors (Lipinski definition) is 3. The van der Waals surface area contributed by atoms with Gasteiger partial charge < -0.3 is 4.90 Å². The van der Waals surface area contributed by atoms with Gasteiger partial charge in [-0.1, -0.05) is 17.7 Å². The summed E-state index contributed by atoms with van der Waals surface area (Å²) in [4.78, 5) is 14.2. The predicted molar refractivity (Wildman–Crippen MR) is 86.0 cm³/mol. The van der Waals surface area contributed by atoms with E-state index < -0.39 is 10.0 Å². The van der Waals surface area contributed by atoms with Crippen LogP contribution in [-0.4, -0.2) is 50.2 Å². The number of sulfonamides is 1. The molecule has 1 fully saturated rings. The Morgan fingerprint density at radius 2 is 1.77 bits per heavy atom. The second-order valence-corrected chi connectivity index (χ2v) is 7.78. The Bertz CT molecular complexity index is 617. The molecule has 0 bridgehead atoms. The van der Waals surface area contributed by atoms with E-state index in [0.29, 0.717) is 37.4 Å². The van der Waals surface area contributed by atoms with E-state index in [4.69, 9.17) is 0 Å². The number of amides is 1. The summed E-state index contributed by atoms with van der Waals surface area (Å²) in [7, 11) is -1.66. The normalized spacial score (nSPS) is 17.4. The molecule has 2 rings (SSSR count). The number of benzene rings is 1. The number of carbonyl (C=O) groups excluding carboxylic acids is 1. The number of aryl methyl sites for hydroxylation is 1. The summed E-state index contributed by atoms with van der Waals surface area (Å²) < 4.78 is 26.7. The first-order valence-corrected chi connectivity index (χ1v) is 9.12. The molecule has 0 aliphatic carbocycles. The van der Waals surface area contributed by atoms with E-state index in [1.165, 1.54) is 4.31 Å². The summed E-state index contributed by atoms with van der Waals surface area (Å²) in [6.45, 7) is 5.36. The summed E-state index contributed by atoms with van der Waals surface area (Å²) in [5, 5.41) is 0. The van der Waals surface area contributed by atoms with Gasteiger partial charge in [-0.2, -0.15) is 4.31 Å². The average molecular weight is 324 g/mol. The molecule has 1 aromatic carbocycles. The van der Waals surface area contributed by atoms with Crippen molar-refractivity contribution in [1.82, 2.24) is 9.21 Å². The highest BCUT2D eigenvalue weighted by Gasteiger charge is 2.32. The Hall–Kier alpha value is -1.40. The van der Waals surface area contributed by atoms with Gasteiger partial charge >= 0.3 is 0 Å². The van der Waals surface area contributed by atoms with Crippen molar-refractivity contribution < 1.29 is 13.2 Å². The molecule has 0 radical (unpaired) electrons. The summed E-state index contributed by atoms with van der Waals surface area (Å²) in [5.41, 5.74) is 1.03. The van der Waals surface area contributed by atoms with Crippen LogP contribution in [0.2, 0.25) is 0 Å². The second-order valence-electron chi connectivity index (χ2n) is 5.84. The van der Waals surface area contributed by atoms with Gasteiger partial charge in [-0.15, -0.1) is 0 Å². The van der Waals surface area contributed by atoms with Crippen molar-refractivity contribution >= 4 is 15.9 Å². The number of carbonyl (C=O) groups is 1. The van der Waals surface area contributed by atoms with E-state index in [1.807, 2.05) is 13.8 Å². The quantitative estimate of drug-likeness (QED) is 0.849. The van der Waals surface area contributed by atoms with Gasteiger partial charge in [-0.05, 0) is 38.8 Å². The fraction of sp³-hybridized carbons (Fsp3) is 0.562. The highest BCUT2D eigenvalue weighted by atomic mass is 32.2. The Labute approximate surface area is 133 Å². The molecule has 1 amide bonds. The molecule has 0 aromatic heterocycles. The zero-order valence-electron chi connectivity index (χ0n) is 13.4. The molecule has 0 spiro atoms.